The molecule has 0 aliphatic carbocycles. The van der Waals surface area contributed by atoms with Crippen LogP contribution in [0, 0.1) is 6.42 Å². The van der Waals surface area contributed by atoms with Crippen LogP contribution in [0.4, 0.5) is 0 Å². The van der Waals surface area contributed by atoms with Gasteiger partial charge >= 0.3 is 0 Å². The highest BCUT2D eigenvalue weighted by Gasteiger charge is 1.95. The molecule has 10 heavy (non-hydrogen) atoms. The van der Waals surface area contributed by atoms with Crippen LogP contribution in [-0.2, 0) is 4.79 Å². The van der Waals surface area contributed by atoms with Gasteiger partial charge in [-0.2, -0.15) is 0 Å². The van der Waals surface area contributed by atoms with Gasteiger partial charge in [0.1, 0.15) is 0 Å². The number of rotatable bonds is 5. The molecule has 1 radical (unpaired) electrons. The van der Waals surface area contributed by atoms with Gasteiger partial charge in [-0.1, -0.05) is 19.8 Å². The first-order valence-electron chi connectivity index (χ1n) is 3.83. The first kappa shape index (κ1) is 9.47. The Morgan fingerprint density at radius 2 is 2.30 bits per heavy atom. The minimum absolute atomic E-state index is 0.108. The maximum atomic E-state index is 10.6. The van der Waals surface area contributed by atoms with Crippen LogP contribution in [0.25, 0.3) is 0 Å². The van der Waals surface area contributed by atoms with Crippen LogP contribution in [0.3, 0.4) is 0 Å². The lowest BCUT2D eigenvalue weighted by Crippen LogP contribution is -2.17. The van der Waals surface area contributed by atoms with E-state index in [0.29, 0.717) is 6.42 Å². The summed E-state index contributed by atoms with van der Waals surface area (Å²) in [5.74, 6) is 0.108. The summed E-state index contributed by atoms with van der Waals surface area (Å²) in [6, 6.07) is 0. The van der Waals surface area contributed by atoms with E-state index in [0.717, 1.165) is 6.42 Å². The summed E-state index contributed by atoms with van der Waals surface area (Å²) in [4.78, 5) is 10.6. The standard InChI is InChI=1S/C8H16NO/c1-3-4-5-6-7-8(10)9-2/h6H,3-5,7H2,1-2H3,(H,9,10). The van der Waals surface area contributed by atoms with Crippen molar-refractivity contribution in [3.63, 3.8) is 0 Å². The summed E-state index contributed by atoms with van der Waals surface area (Å²) in [5, 5.41) is 2.57. The normalized spacial score (nSPS) is 9.40. The summed E-state index contributed by atoms with van der Waals surface area (Å²) in [6.07, 6.45) is 6.05. The van der Waals surface area contributed by atoms with Gasteiger partial charge in [0.05, 0.1) is 0 Å². The lowest BCUT2D eigenvalue weighted by Gasteiger charge is -1.97. The first-order valence-corrected chi connectivity index (χ1v) is 3.83. The Labute approximate surface area is 63.0 Å². The highest BCUT2D eigenvalue weighted by molar-refractivity contribution is 5.76. The van der Waals surface area contributed by atoms with E-state index in [1.54, 1.807) is 7.05 Å². The molecule has 1 N–H and O–H groups in total. The predicted molar refractivity (Wildman–Crippen MR) is 42.5 cm³/mol. The van der Waals surface area contributed by atoms with E-state index in [1.807, 2.05) is 6.42 Å². The number of unbranched alkanes of at least 4 members (excludes halogenated alkanes) is 3. The molecule has 0 bridgehead atoms. The van der Waals surface area contributed by atoms with Gasteiger partial charge in [0, 0.05) is 13.5 Å². The van der Waals surface area contributed by atoms with Crippen molar-refractivity contribution in [3.8, 4) is 0 Å². The number of carbonyl (C=O) groups excluding carboxylic acids is 1. The van der Waals surface area contributed by atoms with E-state index in [4.69, 9.17) is 0 Å². The Morgan fingerprint density at radius 3 is 2.80 bits per heavy atom. The number of carbonyl (C=O) groups is 1. The molecule has 2 heteroatoms. The maximum Gasteiger partial charge on any atom is 0.220 e. The van der Waals surface area contributed by atoms with Crippen molar-refractivity contribution in [3.05, 3.63) is 6.42 Å². The molecule has 0 aromatic rings. The number of hydrogen-bond acceptors (Lipinski definition) is 1. The molecular weight excluding hydrogens is 126 g/mol. The Morgan fingerprint density at radius 1 is 1.60 bits per heavy atom. The zero-order chi connectivity index (χ0) is 7.82. The summed E-state index contributed by atoms with van der Waals surface area (Å²) >= 11 is 0. The van der Waals surface area contributed by atoms with E-state index >= 15 is 0 Å². The molecule has 0 spiro atoms. The van der Waals surface area contributed by atoms with Gasteiger partial charge in [-0.3, -0.25) is 4.79 Å². The summed E-state index contributed by atoms with van der Waals surface area (Å²) in [5.41, 5.74) is 0. The lowest BCUT2D eigenvalue weighted by molar-refractivity contribution is -0.120. The van der Waals surface area contributed by atoms with Crippen molar-refractivity contribution < 1.29 is 4.79 Å². The molecule has 0 heterocycles. The third-order valence-electron chi connectivity index (χ3n) is 1.37. The van der Waals surface area contributed by atoms with Crippen LogP contribution in [0.5, 0.6) is 0 Å². The van der Waals surface area contributed by atoms with Crippen molar-refractivity contribution >= 4 is 5.91 Å². The van der Waals surface area contributed by atoms with Crippen molar-refractivity contribution in [2.75, 3.05) is 7.05 Å². The quantitative estimate of drug-likeness (QED) is 0.579. The van der Waals surface area contributed by atoms with E-state index in [-0.39, 0.29) is 5.91 Å². The van der Waals surface area contributed by atoms with Crippen LogP contribution in [0.1, 0.15) is 32.6 Å². The third kappa shape index (κ3) is 5.60. The Bertz CT molecular complexity index is 91.3. The topological polar surface area (TPSA) is 29.1 Å². The molecule has 0 aromatic carbocycles. The van der Waals surface area contributed by atoms with Gasteiger partial charge in [0.2, 0.25) is 5.91 Å². The fraction of sp³-hybridized carbons (Fsp3) is 0.750. The Hall–Kier alpha value is -0.530. The molecule has 59 valence electrons. The largest absolute Gasteiger partial charge is 0.359 e. The predicted octanol–water partition coefficient (Wildman–Crippen LogP) is 1.52. The SMILES string of the molecule is CCCC[CH]CC(=O)NC. The summed E-state index contributed by atoms with van der Waals surface area (Å²) in [7, 11) is 1.66. The molecule has 0 unspecified atom stereocenters. The van der Waals surface area contributed by atoms with Crippen LogP contribution < -0.4 is 5.32 Å². The van der Waals surface area contributed by atoms with Gasteiger partial charge in [-0.05, 0) is 12.8 Å². The van der Waals surface area contributed by atoms with Crippen LogP contribution >= 0.6 is 0 Å². The second kappa shape index (κ2) is 6.59. The highest BCUT2D eigenvalue weighted by atomic mass is 16.1. The third-order valence-corrected chi connectivity index (χ3v) is 1.37. The molecule has 0 aliphatic heterocycles. The van der Waals surface area contributed by atoms with E-state index in [2.05, 4.69) is 12.2 Å². The second-order valence-electron chi connectivity index (χ2n) is 2.31. The van der Waals surface area contributed by atoms with Gasteiger partial charge in [-0.15, -0.1) is 0 Å². The van der Waals surface area contributed by atoms with Crippen molar-refractivity contribution in [2.45, 2.75) is 32.6 Å². The smallest absolute Gasteiger partial charge is 0.220 e. The fourth-order valence-corrected chi connectivity index (χ4v) is 0.684. The summed E-state index contributed by atoms with van der Waals surface area (Å²) < 4.78 is 0. The highest BCUT2D eigenvalue weighted by Crippen LogP contribution is 1.99. The van der Waals surface area contributed by atoms with Gasteiger partial charge in [0.25, 0.3) is 0 Å². The molecule has 0 saturated carbocycles. The molecule has 0 saturated heterocycles. The van der Waals surface area contributed by atoms with Crippen molar-refractivity contribution in [1.29, 1.82) is 0 Å². The van der Waals surface area contributed by atoms with Crippen LogP contribution in [0.2, 0.25) is 0 Å². The average molecular weight is 142 g/mol. The zero-order valence-corrected chi connectivity index (χ0v) is 6.81. The van der Waals surface area contributed by atoms with Crippen LogP contribution in [-0.4, -0.2) is 13.0 Å². The molecule has 2 nitrogen and oxygen atoms in total. The van der Waals surface area contributed by atoms with Gasteiger partial charge in [0.15, 0.2) is 0 Å². The van der Waals surface area contributed by atoms with E-state index < -0.39 is 0 Å². The minimum atomic E-state index is 0.108. The summed E-state index contributed by atoms with van der Waals surface area (Å²) in [6.45, 7) is 2.15. The molecule has 0 atom stereocenters. The van der Waals surface area contributed by atoms with Gasteiger partial charge < -0.3 is 5.32 Å². The minimum Gasteiger partial charge on any atom is -0.359 e. The van der Waals surface area contributed by atoms with Crippen molar-refractivity contribution in [1.82, 2.24) is 5.32 Å². The molecular formula is C8H16NO. The van der Waals surface area contributed by atoms with Gasteiger partial charge in [-0.25, -0.2) is 0 Å². The average Bonchev–Trinajstić information content (AvgIpc) is 1.98. The number of nitrogens with one attached hydrogen (secondary N) is 1. The first-order chi connectivity index (χ1) is 4.81. The number of hydrogen-bond donors (Lipinski definition) is 1. The van der Waals surface area contributed by atoms with Crippen LogP contribution in [0.15, 0.2) is 0 Å². The molecule has 0 fully saturated rings. The molecule has 0 aromatic heterocycles. The Kier molecular flexibility index (Phi) is 6.24. The molecule has 1 amide bonds. The van der Waals surface area contributed by atoms with Crippen molar-refractivity contribution in [2.24, 2.45) is 0 Å². The fourth-order valence-electron chi connectivity index (χ4n) is 0.684. The van der Waals surface area contributed by atoms with E-state index in [9.17, 15) is 4.79 Å². The maximum absolute atomic E-state index is 10.6. The molecule has 0 rings (SSSR count). The number of amides is 1. The Balaban J connectivity index is 2.96. The van der Waals surface area contributed by atoms with E-state index in [1.165, 1.54) is 12.8 Å². The molecule has 0 aliphatic rings. The second-order valence-corrected chi connectivity index (χ2v) is 2.31. The lowest BCUT2D eigenvalue weighted by atomic mass is 10.1. The zero-order valence-electron chi connectivity index (χ0n) is 6.81. The monoisotopic (exact) mass is 142 g/mol.